The van der Waals surface area contributed by atoms with Crippen molar-refractivity contribution < 1.29 is 14.3 Å². The molecule has 2 N–H and O–H groups in total. The number of aromatic amines is 1. The molecule has 1 atom stereocenters. The lowest BCUT2D eigenvalue weighted by Gasteiger charge is -2.21. The van der Waals surface area contributed by atoms with Crippen molar-refractivity contribution in [3.05, 3.63) is 95.7 Å². The molecule has 0 saturated heterocycles. The van der Waals surface area contributed by atoms with Crippen LogP contribution in [0.5, 0.6) is 11.5 Å². The van der Waals surface area contributed by atoms with Crippen molar-refractivity contribution in [2.45, 2.75) is 12.5 Å². The molecule has 3 aromatic carbocycles. The van der Waals surface area contributed by atoms with Crippen LogP contribution in [-0.2, 0) is 11.3 Å². The van der Waals surface area contributed by atoms with E-state index in [-0.39, 0.29) is 11.8 Å². The van der Waals surface area contributed by atoms with Crippen LogP contribution in [0.2, 0.25) is 0 Å². The first-order chi connectivity index (χ1) is 16.7. The van der Waals surface area contributed by atoms with E-state index in [2.05, 4.69) is 51.7 Å². The van der Waals surface area contributed by atoms with Crippen LogP contribution >= 0.6 is 0 Å². The number of benzene rings is 3. The zero-order chi connectivity index (χ0) is 23.3. The first kappa shape index (κ1) is 22.0. The number of hydrogen-bond donors (Lipinski definition) is 2. The Kier molecular flexibility index (Phi) is 6.49. The summed E-state index contributed by atoms with van der Waals surface area (Å²) in [5, 5.41) is 4.35. The Morgan fingerprint density at radius 3 is 2.74 bits per heavy atom. The van der Waals surface area contributed by atoms with Crippen LogP contribution in [0.1, 0.15) is 22.6 Å². The van der Waals surface area contributed by atoms with Gasteiger partial charge in [-0.3, -0.25) is 9.69 Å². The minimum absolute atomic E-state index is 0.0118. The van der Waals surface area contributed by atoms with Gasteiger partial charge in [-0.25, -0.2) is 0 Å². The molecule has 2 heterocycles. The second-order valence-corrected chi connectivity index (χ2v) is 8.59. The number of hydrogen-bond acceptors (Lipinski definition) is 4. The van der Waals surface area contributed by atoms with Gasteiger partial charge in [-0.1, -0.05) is 48.5 Å². The number of carbonyl (C=O) groups is 1. The predicted molar refractivity (Wildman–Crippen MR) is 133 cm³/mol. The van der Waals surface area contributed by atoms with E-state index in [0.717, 1.165) is 33.7 Å². The Hall–Kier alpha value is -3.77. The standard InChI is InChI=1S/C28H29N3O3/c1-33-22-12-10-20(11-13-22)24(25-17-29-26-8-4-3-7-23(25)26)16-30-28(32)19-31-14-15-34-27-9-5-2-6-21(27)18-31/h2-13,17,24,29H,14-16,18-19H2,1H3,(H,30,32). The third-order valence-electron chi connectivity index (χ3n) is 6.42. The van der Waals surface area contributed by atoms with Gasteiger partial charge < -0.3 is 19.8 Å². The third kappa shape index (κ3) is 4.77. The van der Waals surface area contributed by atoms with Crippen molar-refractivity contribution >= 4 is 16.8 Å². The van der Waals surface area contributed by atoms with Gasteiger partial charge in [-0.05, 0) is 35.4 Å². The molecule has 0 spiro atoms. The fourth-order valence-electron chi connectivity index (χ4n) is 4.62. The minimum Gasteiger partial charge on any atom is -0.497 e. The van der Waals surface area contributed by atoms with Crippen LogP contribution in [0.15, 0.2) is 79.0 Å². The zero-order valence-electron chi connectivity index (χ0n) is 19.3. The van der Waals surface area contributed by atoms with E-state index in [1.54, 1.807) is 7.11 Å². The predicted octanol–water partition coefficient (Wildman–Crippen LogP) is 4.32. The maximum absolute atomic E-state index is 13.0. The van der Waals surface area contributed by atoms with Gasteiger partial charge in [0.25, 0.3) is 0 Å². The number of aromatic nitrogens is 1. The van der Waals surface area contributed by atoms with Crippen LogP contribution in [-0.4, -0.2) is 49.1 Å². The minimum atomic E-state index is 0.0118. The molecular weight excluding hydrogens is 426 g/mol. The van der Waals surface area contributed by atoms with Crippen LogP contribution in [0.25, 0.3) is 10.9 Å². The second-order valence-electron chi connectivity index (χ2n) is 8.59. The number of nitrogens with zero attached hydrogens (tertiary/aromatic N) is 1. The van der Waals surface area contributed by atoms with E-state index < -0.39 is 0 Å². The Morgan fingerprint density at radius 2 is 1.88 bits per heavy atom. The van der Waals surface area contributed by atoms with E-state index in [1.165, 1.54) is 5.39 Å². The summed E-state index contributed by atoms with van der Waals surface area (Å²) in [4.78, 5) is 18.5. The lowest BCUT2D eigenvalue weighted by molar-refractivity contribution is -0.122. The summed E-state index contributed by atoms with van der Waals surface area (Å²) in [6.07, 6.45) is 2.05. The van der Waals surface area contributed by atoms with Crippen LogP contribution < -0.4 is 14.8 Å². The lowest BCUT2D eigenvalue weighted by Crippen LogP contribution is -2.39. The molecule has 1 aromatic heterocycles. The van der Waals surface area contributed by atoms with Crippen molar-refractivity contribution in [3.63, 3.8) is 0 Å². The van der Waals surface area contributed by atoms with Gasteiger partial charge in [0.15, 0.2) is 0 Å². The summed E-state index contributed by atoms with van der Waals surface area (Å²) >= 11 is 0. The normalized spacial score (nSPS) is 14.6. The molecule has 0 fully saturated rings. The molecule has 5 rings (SSSR count). The largest absolute Gasteiger partial charge is 0.497 e. The highest BCUT2D eigenvalue weighted by atomic mass is 16.5. The van der Waals surface area contributed by atoms with Gasteiger partial charge in [-0.15, -0.1) is 0 Å². The van der Waals surface area contributed by atoms with Gasteiger partial charge in [-0.2, -0.15) is 0 Å². The summed E-state index contributed by atoms with van der Waals surface area (Å²) in [7, 11) is 1.67. The smallest absolute Gasteiger partial charge is 0.234 e. The number of fused-ring (bicyclic) bond motifs is 2. The highest BCUT2D eigenvalue weighted by molar-refractivity contribution is 5.84. The Balaban J connectivity index is 1.32. The molecular formula is C28H29N3O3. The summed E-state index contributed by atoms with van der Waals surface area (Å²) in [5.41, 5.74) is 4.49. The van der Waals surface area contributed by atoms with Gasteiger partial charge >= 0.3 is 0 Å². The quantitative estimate of drug-likeness (QED) is 0.436. The van der Waals surface area contributed by atoms with Crippen molar-refractivity contribution in [2.75, 3.05) is 33.4 Å². The molecule has 6 heteroatoms. The second kappa shape index (κ2) is 10.0. The molecule has 6 nitrogen and oxygen atoms in total. The van der Waals surface area contributed by atoms with E-state index in [0.29, 0.717) is 32.8 Å². The van der Waals surface area contributed by atoms with Gasteiger partial charge in [0.1, 0.15) is 18.1 Å². The maximum atomic E-state index is 13.0. The number of para-hydroxylation sites is 2. The zero-order valence-corrected chi connectivity index (χ0v) is 19.3. The average Bonchev–Trinajstić information content (AvgIpc) is 3.18. The van der Waals surface area contributed by atoms with Crippen molar-refractivity contribution in [1.29, 1.82) is 0 Å². The number of H-pyrrole nitrogens is 1. The molecule has 0 saturated carbocycles. The molecule has 1 unspecified atom stereocenters. The Morgan fingerprint density at radius 1 is 1.09 bits per heavy atom. The van der Waals surface area contributed by atoms with Crippen molar-refractivity contribution in [3.8, 4) is 11.5 Å². The highest BCUT2D eigenvalue weighted by Gasteiger charge is 2.21. The summed E-state index contributed by atoms with van der Waals surface area (Å²) in [6, 6.07) is 24.4. The van der Waals surface area contributed by atoms with E-state index >= 15 is 0 Å². The summed E-state index contributed by atoms with van der Waals surface area (Å²) in [6.45, 7) is 2.84. The van der Waals surface area contributed by atoms with E-state index in [4.69, 9.17) is 9.47 Å². The number of methoxy groups -OCH3 is 1. The fraction of sp³-hybridized carbons (Fsp3) is 0.250. The summed E-state index contributed by atoms with van der Waals surface area (Å²) < 4.78 is 11.2. The number of amides is 1. The number of carbonyl (C=O) groups excluding carboxylic acids is 1. The highest BCUT2D eigenvalue weighted by Crippen LogP contribution is 2.31. The van der Waals surface area contributed by atoms with E-state index in [1.807, 2.05) is 42.5 Å². The molecule has 1 aliphatic heterocycles. The van der Waals surface area contributed by atoms with Crippen molar-refractivity contribution in [2.24, 2.45) is 0 Å². The first-order valence-electron chi connectivity index (χ1n) is 11.6. The van der Waals surface area contributed by atoms with Crippen LogP contribution in [0.4, 0.5) is 0 Å². The number of rotatable bonds is 7. The number of ether oxygens (including phenoxy) is 2. The molecule has 174 valence electrons. The third-order valence-corrected chi connectivity index (χ3v) is 6.42. The maximum Gasteiger partial charge on any atom is 0.234 e. The van der Waals surface area contributed by atoms with Crippen molar-refractivity contribution in [1.82, 2.24) is 15.2 Å². The van der Waals surface area contributed by atoms with Gasteiger partial charge in [0, 0.05) is 48.2 Å². The lowest BCUT2D eigenvalue weighted by atomic mass is 9.90. The number of nitrogens with one attached hydrogen (secondary N) is 2. The SMILES string of the molecule is COc1ccc(C(CNC(=O)CN2CCOc3ccccc3C2)c2c[nH]c3ccccc23)cc1. The molecule has 0 bridgehead atoms. The fourth-order valence-corrected chi connectivity index (χ4v) is 4.62. The average molecular weight is 456 g/mol. The topological polar surface area (TPSA) is 66.6 Å². The van der Waals surface area contributed by atoms with Crippen LogP contribution in [0, 0.1) is 0 Å². The molecule has 0 radical (unpaired) electrons. The molecule has 34 heavy (non-hydrogen) atoms. The molecule has 0 aliphatic carbocycles. The van der Waals surface area contributed by atoms with Gasteiger partial charge in [0.05, 0.1) is 13.7 Å². The Labute approximate surface area is 199 Å². The molecule has 4 aromatic rings. The first-order valence-corrected chi connectivity index (χ1v) is 11.6. The van der Waals surface area contributed by atoms with E-state index in [9.17, 15) is 4.79 Å². The molecule has 1 aliphatic rings. The monoisotopic (exact) mass is 455 g/mol. The van der Waals surface area contributed by atoms with Gasteiger partial charge in [0.2, 0.25) is 5.91 Å². The summed E-state index contributed by atoms with van der Waals surface area (Å²) in [5.74, 6) is 1.75. The Bertz CT molecular complexity index is 1270. The van der Waals surface area contributed by atoms with Crippen LogP contribution in [0.3, 0.4) is 0 Å². The molecule has 1 amide bonds.